The highest BCUT2D eigenvalue weighted by atomic mass is 16.6. The summed E-state index contributed by atoms with van der Waals surface area (Å²) in [5, 5.41) is 6.66. The predicted octanol–water partition coefficient (Wildman–Crippen LogP) is 2.55. The summed E-state index contributed by atoms with van der Waals surface area (Å²) in [5.41, 5.74) is -0.247. The molecule has 8 nitrogen and oxygen atoms in total. The summed E-state index contributed by atoms with van der Waals surface area (Å²) >= 11 is 0. The van der Waals surface area contributed by atoms with E-state index in [0.29, 0.717) is 25.3 Å². The van der Waals surface area contributed by atoms with Gasteiger partial charge in [0.05, 0.1) is 12.3 Å². The number of likely N-dealkylation sites (tertiary alicyclic amines) is 1. The molecule has 1 aliphatic heterocycles. The number of hydrogen-bond donors (Lipinski definition) is 1. The van der Waals surface area contributed by atoms with Crippen molar-refractivity contribution in [2.45, 2.75) is 58.1 Å². The Morgan fingerprint density at radius 3 is 2.56 bits per heavy atom. The molecule has 0 spiro atoms. The number of hydrogen-bond acceptors (Lipinski definition) is 6. The molecule has 0 aliphatic carbocycles. The van der Waals surface area contributed by atoms with Crippen molar-refractivity contribution in [2.75, 3.05) is 25.6 Å². The average molecular weight is 353 g/mol. The molecule has 0 bridgehead atoms. The maximum absolute atomic E-state index is 12.4. The van der Waals surface area contributed by atoms with Gasteiger partial charge in [-0.2, -0.15) is 0 Å². The van der Waals surface area contributed by atoms with E-state index in [1.54, 1.807) is 33.9 Å². The summed E-state index contributed by atoms with van der Waals surface area (Å²) in [4.78, 5) is 25.9. The Hall–Kier alpha value is -2.09. The number of nitrogens with zero attached hydrogens (tertiary/aromatic N) is 2. The molecule has 2 rings (SSSR count). The van der Waals surface area contributed by atoms with Gasteiger partial charge in [-0.25, -0.2) is 4.79 Å². The molecule has 25 heavy (non-hydrogen) atoms. The van der Waals surface area contributed by atoms with Crippen LogP contribution in [0.1, 0.15) is 46.7 Å². The van der Waals surface area contributed by atoms with E-state index < -0.39 is 17.7 Å². The van der Waals surface area contributed by atoms with Crippen LogP contribution in [-0.2, 0) is 19.7 Å². The van der Waals surface area contributed by atoms with E-state index in [0.717, 1.165) is 0 Å². The molecule has 1 aliphatic rings. The number of ether oxygens (including phenoxy) is 2. The van der Waals surface area contributed by atoms with E-state index in [9.17, 15) is 9.59 Å². The van der Waals surface area contributed by atoms with Crippen molar-refractivity contribution in [2.24, 2.45) is 0 Å². The standard InChI is InChI=1S/C17H27N3O5/c1-16(2,3)24-15(22)20-8-7-11(20)14(21)18-13-9-12(19-25-13)17(4,5)10-23-6/h9,11H,7-8,10H2,1-6H3,(H,18,21)/t11-/m0/s1. The van der Waals surface area contributed by atoms with Crippen molar-refractivity contribution in [3.63, 3.8) is 0 Å². The van der Waals surface area contributed by atoms with Gasteiger partial charge in [0.25, 0.3) is 0 Å². The molecule has 1 aromatic rings. The molecule has 8 heteroatoms. The van der Waals surface area contributed by atoms with Crippen LogP contribution in [-0.4, -0.2) is 54.0 Å². The molecule has 0 unspecified atom stereocenters. The zero-order valence-corrected chi connectivity index (χ0v) is 15.7. The highest BCUT2D eigenvalue weighted by Crippen LogP contribution is 2.26. The normalized spacial score (nSPS) is 17.8. The monoisotopic (exact) mass is 353 g/mol. The van der Waals surface area contributed by atoms with Crippen LogP contribution >= 0.6 is 0 Å². The van der Waals surface area contributed by atoms with Crippen LogP contribution in [0.2, 0.25) is 0 Å². The van der Waals surface area contributed by atoms with E-state index in [1.165, 1.54) is 4.90 Å². The van der Waals surface area contributed by atoms with Gasteiger partial charge in [-0.3, -0.25) is 15.0 Å². The Kier molecular flexibility index (Phi) is 5.41. The van der Waals surface area contributed by atoms with Crippen molar-refractivity contribution in [1.29, 1.82) is 0 Å². The lowest BCUT2D eigenvalue weighted by molar-refractivity contribution is -0.125. The molecule has 2 heterocycles. The minimum atomic E-state index is -0.597. The second-order valence-corrected chi connectivity index (χ2v) is 7.86. The van der Waals surface area contributed by atoms with Gasteiger partial charge in [-0.15, -0.1) is 0 Å². The second-order valence-electron chi connectivity index (χ2n) is 7.86. The number of amides is 2. The van der Waals surface area contributed by atoms with Crippen LogP contribution < -0.4 is 5.32 Å². The topological polar surface area (TPSA) is 93.9 Å². The maximum atomic E-state index is 12.4. The summed E-state index contributed by atoms with van der Waals surface area (Å²) in [6, 6.07) is 1.11. The van der Waals surface area contributed by atoms with E-state index in [-0.39, 0.29) is 17.2 Å². The molecule has 0 aromatic carbocycles. The fourth-order valence-corrected chi connectivity index (χ4v) is 2.49. The Morgan fingerprint density at radius 2 is 2.04 bits per heavy atom. The van der Waals surface area contributed by atoms with Gasteiger partial charge in [0, 0.05) is 25.1 Å². The zero-order chi connectivity index (χ0) is 18.8. The Bertz CT molecular complexity index is 632. The summed E-state index contributed by atoms with van der Waals surface area (Å²) in [7, 11) is 1.62. The lowest BCUT2D eigenvalue weighted by Gasteiger charge is -2.39. The number of carbonyl (C=O) groups excluding carboxylic acids is 2. The third-order valence-corrected chi connectivity index (χ3v) is 3.91. The van der Waals surface area contributed by atoms with Crippen molar-refractivity contribution >= 4 is 17.9 Å². The van der Waals surface area contributed by atoms with Crippen molar-refractivity contribution in [1.82, 2.24) is 10.1 Å². The number of carbonyl (C=O) groups is 2. The van der Waals surface area contributed by atoms with Gasteiger partial charge in [0.1, 0.15) is 11.6 Å². The maximum Gasteiger partial charge on any atom is 0.410 e. The van der Waals surface area contributed by atoms with Gasteiger partial charge < -0.3 is 14.0 Å². The number of aromatic nitrogens is 1. The third-order valence-electron chi connectivity index (χ3n) is 3.91. The first kappa shape index (κ1) is 19.2. The lowest BCUT2D eigenvalue weighted by atomic mass is 9.90. The van der Waals surface area contributed by atoms with E-state index in [4.69, 9.17) is 14.0 Å². The average Bonchev–Trinajstić information content (AvgIpc) is 2.83. The molecule has 1 saturated heterocycles. The highest BCUT2D eigenvalue weighted by Gasteiger charge is 2.40. The Labute approximate surface area is 147 Å². The molecule has 1 aromatic heterocycles. The van der Waals surface area contributed by atoms with Crippen LogP contribution in [0, 0.1) is 0 Å². The van der Waals surface area contributed by atoms with Crippen molar-refractivity contribution in [3.8, 4) is 0 Å². The van der Waals surface area contributed by atoms with Crippen LogP contribution in [0.5, 0.6) is 0 Å². The predicted molar refractivity (Wildman–Crippen MR) is 91.4 cm³/mol. The Balaban J connectivity index is 1.96. The summed E-state index contributed by atoms with van der Waals surface area (Å²) in [6.45, 7) is 10.3. The first-order chi connectivity index (χ1) is 11.5. The minimum absolute atomic E-state index is 0.250. The summed E-state index contributed by atoms with van der Waals surface area (Å²) < 4.78 is 15.7. The fraction of sp³-hybridized carbons (Fsp3) is 0.706. The molecule has 1 fully saturated rings. The number of rotatable bonds is 5. The summed E-state index contributed by atoms with van der Waals surface area (Å²) in [6.07, 6.45) is 0.0970. The molecule has 1 N–H and O–H groups in total. The number of methoxy groups -OCH3 is 1. The molecular weight excluding hydrogens is 326 g/mol. The molecule has 0 saturated carbocycles. The van der Waals surface area contributed by atoms with Crippen LogP contribution in [0.15, 0.2) is 10.6 Å². The van der Waals surface area contributed by atoms with Gasteiger partial charge in [-0.1, -0.05) is 19.0 Å². The van der Waals surface area contributed by atoms with Crippen LogP contribution in [0.25, 0.3) is 0 Å². The van der Waals surface area contributed by atoms with Gasteiger partial charge >= 0.3 is 6.09 Å². The van der Waals surface area contributed by atoms with E-state index >= 15 is 0 Å². The van der Waals surface area contributed by atoms with E-state index in [2.05, 4.69) is 10.5 Å². The van der Waals surface area contributed by atoms with Crippen molar-refractivity contribution in [3.05, 3.63) is 11.8 Å². The van der Waals surface area contributed by atoms with Crippen molar-refractivity contribution < 1.29 is 23.6 Å². The molecule has 140 valence electrons. The molecule has 2 amide bonds. The van der Waals surface area contributed by atoms with E-state index in [1.807, 2.05) is 13.8 Å². The smallest absolute Gasteiger partial charge is 0.410 e. The largest absolute Gasteiger partial charge is 0.444 e. The minimum Gasteiger partial charge on any atom is -0.444 e. The zero-order valence-electron chi connectivity index (χ0n) is 15.7. The highest BCUT2D eigenvalue weighted by molar-refractivity contribution is 5.96. The summed E-state index contributed by atoms with van der Waals surface area (Å²) in [5.74, 6) is -0.0652. The molecule has 0 radical (unpaired) electrons. The van der Waals surface area contributed by atoms with Gasteiger partial charge in [0.2, 0.25) is 11.8 Å². The first-order valence-electron chi connectivity index (χ1n) is 8.30. The number of nitrogens with one attached hydrogen (secondary N) is 1. The molecule has 1 atom stereocenters. The first-order valence-corrected chi connectivity index (χ1v) is 8.30. The van der Waals surface area contributed by atoms with Gasteiger partial charge in [0.15, 0.2) is 0 Å². The second kappa shape index (κ2) is 7.03. The quantitative estimate of drug-likeness (QED) is 0.874. The third kappa shape index (κ3) is 4.72. The van der Waals surface area contributed by atoms with Crippen LogP contribution in [0.3, 0.4) is 0 Å². The Morgan fingerprint density at radius 1 is 1.36 bits per heavy atom. The molecular formula is C17H27N3O5. The lowest BCUT2D eigenvalue weighted by Crippen LogP contribution is -2.57. The van der Waals surface area contributed by atoms with Crippen LogP contribution in [0.4, 0.5) is 10.7 Å². The van der Waals surface area contributed by atoms with Gasteiger partial charge in [-0.05, 0) is 27.2 Å². The number of anilines is 1. The SMILES string of the molecule is COCC(C)(C)c1cc(NC(=O)[C@@H]2CCN2C(=O)OC(C)(C)C)on1. The fourth-order valence-electron chi connectivity index (χ4n) is 2.49.